The van der Waals surface area contributed by atoms with Crippen molar-refractivity contribution in [2.45, 2.75) is 25.9 Å². The molecule has 1 aliphatic carbocycles. The third kappa shape index (κ3) is 4.44. The number of thiophene rings is 1. The van der Waals surface area contributed by atoms with Gasteiger partial charge in [-0.15, -0.1) is 11.3 Å². The summed E-state index contributed by atoms with van der Waals surface area (Å²) in [5, 5.41) is 0.680. The number of fused-ring (bicyclic) bond motifs is 1. The van der Waals surface area contributed by atoms with E-state index in [0.29, 0.717) is 33.7 Å². The molecule has 0 unspecified atom stereocenters. The van der Waals surface area contributed by atoms with E-state index in [2.05, 4.69) is 6.92 Å². The number of rotatable bonds is 6. The van der Waals surface area contributed by atoms with Gasteiger partial charge in [-0.3, -0.25) is 4.79 Å². The summed E-state index contributed by atoms with van der Waals surface area (Å²) in [5.74, 6) is -0.0933. The molecule has 0 radical (unpaired) electrons. The molecule has 1 aliphatic rings. The normalized spacial score (nSPS) is 14.9. The Morgan fingerprint density at radius 1 is 1.00 bits per heavy atom. The Hall–Kier alpha value is -3.19. The van der Waals surface area contributed by atoms with Crippen molar-refractivity contribution in [1.82, 2.24) is 0 Å². The number of benzene rings is 3. The first-order chi connectivity index (χ1) is 16.1. The van der Waals surface area contributed by atoms with Crippen molar-refractivity contribution < 1.29 is 27.1 Å². The van der Waals surface area contributed by atoms with Crippen molar-refractivity contribution in [2.75, 3.05) is 6.61 Å². The van der Waals surface area contributed by atoms with Crippen LogP contribution in [0.3, 0.4) is 0 Å². The zero-order chi connectivity index (χ0) is 24.1. The molecule has 7 heteroatoms. The van der Waals surface area contributed by atoms with Gasteiger partial charge in [-0.2, -0.15) is 13.2 Å². The highest BCUT2D eigenvalue weighted by atomic mass is 32.1. The molecule has 0 spiro atoms. The van der Waals surface area contributed by atoms with Crippen molar-refractivity contribution in [1.29, 1.82) is 0 Å². The fourth-order valence-electron chi connectivity index (χ4n) is 3.77. The molecule has 0 N–H and O–H groups in total. The van der Waals surface area contributed by atoms with Crippen molar-refractivity contribution in [3.8, 4) is 16.2 Å². The van der Waals surface area contributed by atoms with Gasteiger partial charge in [-0.1, -0.05) is 31.2 Å². The SMILES string of the molecule is CC1(COc2ccc3c(C(=O)c4ccc(C(F)(F)F)cc4)c(-c4ccc(F)cc4)sc3c2)CC1. The molecule has 0 aliphatic heterocycles. The van der Waals surface area contributed by atoms with Crippen LogP contribution >= 0.6 is 11.3 Å². The van der Waals surface area contributed by atoms with Gasteiger partial charge in [-0.25, -0.2) is 4.39 Å². The average Bonchev–Trinajstić information content (AvgIpc) is 3.43. The number of ether oxygens (including phenoxy) is 1. The van der Waals surface area contributed by atoms with Gasteiger partial charge >= 0.3 is 6.18 Å². The lowest BCUT2D eigenvalue weighted by Crippen LogP contribution is -2.08. The molecule has 0 bridgehead atoms. The number of carbonyl (C=O) groups is 1. The van der Waals surface area contributed by atoms with Crippen LogP contribution in [0, 0.1) is 11.2 Å². The number of alkyl halides is 3. The Labute approximate surface area is 197 Å². The van der Waals surface area contributed by atoms with Crippen LogP contribution in [0.4, 0.5) is 17.6 Å². The minimum atomic E-state index is -4.48. The van der Waals surface area contributed by atoms with Gasteiger partial charge in [0.05, 0.1) is 12.2 Å². The van der Waals surface area contributed by atoms with Crippen molar-refractivity contribution in [3.63, 3.8) is 0 Å². The maximum atomic E-state index is 13.5. The largest absolute Gasteiger partial charge is 0.493 e. The van der Waals surface area contributed by atoms with Gasteiger partial charge in [-0.05, 0) is 60.9 Å². The molecule has 5 rings (SSSR count). The van der Waals surface area contributed by atoms with Gasteiger partial charge in [0, 0.05) is 31.5 Å². The van der Waals surface area contributed by atoms with Gasteiger partial charge in [0.25, 0.3) is 0 Å². The second-order valence-corrected chi connectivity index (χ2v) is 10.0. The maximum Gasteiger partial charge on any atom is 0.416 e. The smallest absolute Gasteiger partial charge is 0.416 e. The Morgan fingerprint density at radius 2 is 1.68 bits per heavy atom. The van der Waals surface area contributed by atoms with E-state index in [-0.39, 0.29) is 11.0 Å². The van der Waals surface area contributed by atoms with Crippen molar-refractivity contribution in [2.24, 2.45) is 5.41 Å². The Balaban J connectivity index is 1.58. The Kier molecular flexibility index (Phi) is 5.47. The molecule has 0 atom stereocenters. The van der Waals surface area contributed by atoms with Crippen LogP contribution < -0.4 is 4.74 Å². The van der Waals surface area contributed by atoms with Crippen LogP contribution in [-0.4, -0.2) is 12.4 Å². The Morgan fingerprint density at radius 3 is 2.29 bits per heavy atom. The first-order valence-corrected chi connectivity index (χ1v) is 11.6. The molecule has 0 saturated heterocycles. The fraction of sp³-hybridized carbons (Fsp3) is 0.222. The molecule has 4 aromatic rings. The molecule has 174 valence electrons. The van der Waals surface area contributed by atoms with E-state index >= 15 is 0 Å². The lowest BCUT2D eigenvalue weighted by Gasteiger charge is -2.11. The second kappa shape index (κ2) is 8.24. The molecule has 3 aromatic carbocycles. The van der Waals surface area contributed by atoms with Gasteiger partial charge < -0.3 is 4.74 Å². The lowest BCUT2D eigenvalue weighted by molar-refractivity contribution is -0.137. The summed E-state index contributed by atoms with van der Waals surface area (Å²) in [4.78, 5) is 14.1. The van der Waals surface area contributed by atoms with Crippen LogP contribution in [0.15, 0.2) is 66.7 Å². The molecule has 34 heavy (non-hydrogen) atoms. The summed E-state index contributed by atoms with van der Waals surface area (Å²) >= 11 is 1.37. The predicted molar refractivity (Wildman–Crippen MR) is 125 cm³/mol. The van der Waals surface area contributed by atoms with E-state index in [4.69, 9.17) is 4.74 Å². The zero-order valence-corrected chi connectivity index (χ0v) is 19.0. The molecule has 1 fully saturated rings. The molecule has 1 saturated carbocycles. The first kappa shape index (κ1) is 22.6. The molecule has 1 heterocycles. The van der Waals surface area contributed by atoms with E-state index < -0.39 is 23.3 Å². The van der Waals surface area contributed by atoms with Gasteiger partial charge in [0.2, 0.25) is 0 Å². The summed E-state index contributed by atoms with van der Waals surface area (Å²) in [5.41, 5.74) is 0.591. The number of hydrogen-bond donors (Lipinski definition) is 0. The molecule has 1 aromatic heterocycles. The topological polar surface area (TPSA) is 26.3 Å². The van der Waals surface area contributed by atoms with Crippen LogP contribution in [0.1, 0.15) is 41.3 Å². The number of hydrogen-bond acceptors (Lipinski definition) is 3. The molecule has 2 nitrogen and oxygen atoms in total. The van der Waals surface area contributed by atoms with Gasteiger partial charge in [0.1, 0.15) is 11.6 Å². The number of ketones is 1. The predicted octanol–water partition coefficient (Wildman–Crippen LogP) is 8.14. The van der Waals surface area contributed by atoms with Crippen LogP contribution in [0.2, 0.25) is 0 Å². The highest BCUT2D eigenvalue weighted by molar-refractivity contribution is 7.22. The van der Waals surface area contributed by atoms with Crippen LogP contribution in [-0.2, 0) is 6.18 Å². The summed E-state index contributed by atoms with van der Waals surface area (Å²) in [6.07, 6.45) is -2.21. The second-order valence-electron chi connectivity index (χ2n) is 8.97. The monoisotopic (exact) mass is 484 g/mol. The number of carbonyl (C=O) groups excluding carboxylic acids is 1. The summed E-state index contributed by atoms with van der Waals surface area (Å²) in [6, 6.07) is 15.5. The fourth-order valence-corrected chi connectivity index (χ4v) is 5.00. The van der Waals surface area contributed by atoms with Crippen molar-refractivity contribution >= 4 is 27.2 Å². The van der Waals surface area contributed by atoms with Gasteiger partial charge in [0.15, 0.2) is 5.78 Å². The van der Waals surface area contributed by atoms with E-state index in [1.807, 2.05) is 6.07 Å². The van der Waals surface area contributed by atoms with Crippen molar-refractivity contribution in [3.05, 3.63) is 89.2 Å². The summed E-state index contributed by atoms with van der Waals surface area (Å²) in [6.45, 7) is 2.79. The third-order valence-electron chi connectivity index (χ3n) is 6.16. The highest BCUT2D eigenvalue weighted by Crippen LogP contribution is 2.46. The van der Waals surface area contributed by atoms with E-state index in [9.17, 15) is 22.4 Å². The minimum Gasteiger partial charge on any atom is -0.493 e. The minimum absolute atomic E-state index is 0.151. The summed E-state index contributed by atoms with van der Waals surface area (Å²) in [7, 11) is 0. The molecular formula is C27H20F4O2S. The van der Waals surface area contributed by atoms with Crippen LogP contribution in [0.5, 0.6) is 5.75 Å². The average molecular weight is 485 g/mol. The van der Waals surface area contributed by atoms with Crippen LogP contribution in [0.25, 0.3) is 20.5 Å². The molecular weight excluding hydrogens is 464 g/mol. The quantitative estimate of drug-likeness (QED) is 0.204. The van der Waals surface area contributed by atoms with E-state index in [1.54, 1.807) is 24.3 Å². The standard InChI is InChI=1S/C27H20F4O2S/c1-26(12-13-26)15-33-20-10-11-21-22(14-20)34-25(17-4-8-19(28)9-5-17)23(21)24(32)16-2-6-18(7-3-16)27(29,30)31/h2-11,14H,12-13,15H2,1H3. The van der Waals surface area contributed by atoms with E-state index in [1.165, 1.54) is 35.6 Å². The number of halogens is 4. The lowest BCUT2D eigenvalue weighted by atomic mass is 9.97. The zero-order valence-electron chi connectivity index (χ0n) is 18.2. The van der Waals surface area contributed by atoms with E-state index in [0.717, 1.165) is 29.7 Å². The summed E-state index contributed by atoms with van der Waals surface area (Å²) < 4.78 is 59.2. The first-order valence-electron chi connectivity index (χ1n) is 10.8. The maximum absolute atomic E-state index is 13.5. The third-order valence-corrected chi connectivity index (χ3v) is 7.36. The Bertz CT molecular complexity index is 1370. The molecule has 0 amide bonds. The highest BCUT2D eigenvalue weighted by Gasteiger charge is 2.38.